The first-order valence-corrected chi connectivity index (χ1v) is 13.7. The molecule has 0 aromatic heterocycles. The smallest absolute Gasteiger partial charge is 0.312 e. The maximum atomic E-state index is 13.2. The zero-order valence-corrected chi connectivity index (χ0v) is 23.9. The van der Waals surface area contributed by atoms with Crippen LogP contribution in [0.15, 0.2) is 36.4 Å². The Labute approximate surface area is 243 Å². The van der Waals surface area contributed by atoms with Crippen LogP contribution in [0, 0.1) is 5.92 Å². The lowest BCUT2D eigenvalue weighted by molar-refractivity contribution is -0.138. The number of halogens is 1. The van der Waals surface area contributed by atoms with Crippen LogP contribution in [0.1, 0.15) is 38.7 Å². The maximum absolute atomic E-state index is 13.2. The first-order chi connectivity index (χ1) is 19.5. The summed E-state index contributed by atoms with van der Waals surface area (Å²) in [5.74, 6) is -2.27. The molecule has 41 heavy (non-hydrogen) atoms. The van der Waals surface area contributed by atoms with Crippen LogP contribution in [0.25, 0.3) is 0 Å². The molecule has 2 rings (SSSR count). The highest BCUT2D eigenvalue weighted by molar-refractivity contribution is 6.17. The Hall–Kier alpha value is -3.97. The minimum atomic E-state index is -0.961. The number of hydrogen-bond acceptors (Lipinski definition) is 7. The number of rotatable bonds is 17. The second-order valence-electron chi connectivity index (χ2n) is 9.63. The molecule has 0 saturated carbocycles. The summed E-state index contributed by atoms with van der Waals surface area (Å²) < 4.78 is 5.37. The van der Waals surface area contributed by atoms with Crippen molar-refractivity contribution in [2.24, 2.45) is 11.7 Å². The number of nitrogens with zero attached hydrogens (tertiary/aromatic N) is 1. The van der Waals surface area contributed by atoms with Crippen LogP contribution in [0.2, 0.25) is 0 Å². The van der Waals surface area contributed by atoms with Crippen LogP contribution >= 0.6 is 11.6 Å². The van der Waals surface area contributed by atoms with E-state index in [2.05, 4.69) is 21.3 Å². The first-order valence-electron chi connectivity index (χ1n) is 13.2. The van der Waals surface area contributed by atoms with E-state index in [4.69, 9.17) is 22.1 Å². The van der Waals surface area contributed by atoms with E-state index in [1.165, 1.54) is 12.2 Å². The second-order valence-corrected chi connectivity index (χ2v) is 9.89. The third-order valence-electron chi connectivity index (χ3n) is 6.08. The SMILES string of the molecule is CC(C)C(NC(=O)CCOCCN1C(=O)C=CC1=O)C(=O)NC(CCCNC(N)=O)C(=O)Nc1ccc(CCl)cc1. The summed E-state index contributed by atoms with van der Waals surface area (Å²) in [6, 6.07) is 4.33. The van der Waals surface area contributed by atoms with Gasteiger partial charge in [-0.3, -0.25) is 28.9 Å². The van der Waals surface area contributed by atoms with Gasteiger partial charge in [0.2, 0.25) is 17.7 Å². The largest absolute Gasteiger partial charge is 0.379 e. The van der Waals surface area contributed by atoms with E-state index in [1.807, 2.05) is 0 Å². The number of nitrogens with two attached hydrogens (primary N) is 1. The van der Waals surface area contributed by atoms with Gasteiger partial charge in [0.15, 0.2) is 0 Å². The van der Waals surface area contributed by atoms with Crippen molar-refractivity contribution < 1.29 is 33.5 Å². The first kappa shape index (κ1) is 33.2. The van der Waals surface area contributed by atoms with E-state index in [-0.39, 0.29) is 45.1 Å². The van der Waals surface area contributed by atoms with Gasteiger partial charge in [-0.2, -0.15) is 0 Å². The predicted octanol–water partition coefficient (Wildman–Crippen LogP) is 0.770. The minimum Gasteiger partial charge on any atom is -0.379 e. The van der Waals surface area contributed by atoms with Crippen LogP contribution in [0.5, 0.6) is 0 Å². The third-order valence-corrected chi connectivity index (χ3v) is 6.39. The van der Waals surface area contributed by atoms with Crippen molar-refractivity contribution in [3.05, 3.63) is 42.0 Å². The summed E-state index contributed by atoms with van der Waals surface area (Å²) in [4.78, 5) is 73.9. The number of primary amides is 1. The fourth-order valence-corrected chi connectivity index (χ4v) is 3.99. The number of hydrogen-bond donors (Lipinski definition) is 5. The highest BCUT2D eigenvalue weighted by atomic mass is 35.5. The summed E-state index contributed by atoms with van der Waals surface area (Å²) >= 11 is 5.82. The van der Waals surface area contributed by atoms with Crippen molar-refractivity contribution in [2.75, 3.05) is 31.6 Å². The third kappa shape index (κ3) is 11.6. The van der Waals surface area contributed by atoms with Gasteiger partial charge in [-0.15, -0.1) is 11.6 Å². The summed E-state index contributed by atoms with van der Waals surface area (Å²) in [6.07, 6.45) is 2.85. The molecule has 2 atom stereocenters. The van der Waals surface area contributed by atoms with Crippen LogP contribution in [-0.2, 0) is 34.6 Å². The quantitative estimate of drug-likeness (QED) is 0.100. The van der Waals surface area contributed by atoms with Crippen LogP contribution in [-0.4, -0.2) is 78.9 Å². The van der Waals surface area contributed by atoms with Gasteiger partial charge >= 0.3 is 6.03 Å². The maximum Gasteiger partial charge on any atom is 0.312 e. The Balaban J connectivity index is 1.92. The average molecular weight is 593 g/mol. The van der Waals surface area contributed by atoms with Gasteiger partial charge in [-0.1, -0.05) is 26.0 Å². The highest BCUT2D eigenvalue weighted by Gasteiger charge is 2.29. The molecule has 0 fully saturated rings. The van der Waals surface area contributed by atoms with Crippen LogP contribution < -0.4 is 27.0 Å². The number of ether oxygens (including phenoxy) is 1. The Morgan fingerprint density at radius 3 is 2.22 bits per heavy atom. The molecule has 224 valence electrons. The lowest BCUT2D eigenvalue weighted by Crippen LogP contribution is -2.54. The molecular weight excluding hydrogens is 556 g/mol. The van der Waals surface area contributed by atoms with Crippen LogP contribution in [0.4, 0.5) is 10.5 Å². The minimum absolute atomic E-state index is 0.0162. The fraction of sp³-hybridized carbons (Fsp3) is 0.481. The van der Waals surface area contributed by atoms with E-state index in [9.17, 15) is 28.8 Å². The van der Waals surface area contributed by atoms with E-state index in [1.54, 1.807) is 38.1 Å². The number of alkyl halides is 1. The van der Waals surface area contributed by atoms with E-state index >= 15 is 0 Å². The molecule has 1 aromatic rings. The molecule has 0 saturated heterocycles. The number of anilines is 1. The van der Waals surface area contributed by atoms with Crippen molar-refractivity contribution in [2.45, 2.75) is 51.1 Å². The van der Waals surface area contributed by atoms with Crippen molar-refractivity contribution >= 4 is 52.9 Å². The molecular formula is C27H37ClN6O7. The number of urea groups is 1. The number of nitrogens with one attached hydrogen (secondary N) is 4. The van der Waals surface area contributed by atoms with Crippen molar-refractivity contribution in [1.82, 2.24) is 20.9 Å². The van der Waals surface area contributed by atoms with E-state index in [0.29, 0.717) is 18.0 Å². The molecule has 2 unspecified atom stereocenters. The molecule has 7 amide bonds. The number of amides is 7. The standard InChI is InChI=1S/C27H37ClN6O7/c1-17(2)24(33-21(35)11-14-41-15-13-34-22(36)9-10-23(34)37)26(39)32-20(4-3-12-30-27(29)40)25(38)31-19-7-5-18(16-28)6-8-19/h5-10,17,20,24H,3-4,11-16H2,1-2H3,(H,31,38)(H,32,39)(H,33,35)(H3,29,30,40). The number of carbonyl (C=O) groups is 6. The van der Waals surface area contributed by atoms with E-state index < -0.39 is 47.7 Å². The molecule has 14 heteroatoms. The zero-order chi connectivity index (χ0) is 30.4. The zero-order valence-electron chi connectivity index (χ0n) is 23.1. The molecule has 0 spiro atoms. The topological polar surface area (TPSA) is 189 Å². The van der Waals surface area contributed by atoms with Gasteiger partial charge in [0.05, 0.1) is 19.8 Å². The monoisotopic (exact) mass is 592 g/mol. The summed E-state index contributed by atoms with van der Waals surface area (Å²) in [5, 5.41) is 10.6. The van der Waals surface area contributed by atoms with Crippen molar-refractivity contribution in [1.29, 1.82) is 0 Å². The molecule has 1 aliphatic rings. The van der Waals surface area contributed by atoms with Crippen molar-refractivity contribution in [3.63, 3.8) is 0 Å². The summed E-state index contributed by atoms with van der Waals surface area (Å²) in [5.41, 5.74) is 6.49. The van der Waals surface area contributed by atoms with Gasteiger partial charge in [0, 0.05) is 36.7 Å². The van der Waals surface area contributed by atoms with Gasteiger partial charge in [0.25, 0.3) is 11.8 Å². The summed E-state index contributed by atoms with van der Waals surface area (Å²) in [6.45, 7) is 3.87. The van der Waals surface area contributed by atoms with Gasteiger partial charge in [-0.25, -0.2) is 4.79 Å². The number of benzene rings is 1. The summed E-state index contributed by atoms with van der Waals surface area (Å²) in [7, 11) is 0. The average Bonchev–Trinajstić information content (AvgIpc) is 3.25. The highest BCUT2D eigenvalue weighted by Crippen LogP contribution is 2.13. The molecule has 6 N–H and O–H groups in total. The Bertz CT molecular complexity index is 1110. The molecule has 1 heterocycles. The predicted molar refractivity (Wildman–Crippen MR) is 151 cm³/mol. The molecule has 0 radical (unpaired) electrons. The van der Waals surface area contributed by atoms with Crippen LogP contribution in [0.3, 0.4) is 0 Å². The molecule has 0 aliphatic carbocycles. The van der Waals surface area contributed by atoms with E-state index in [0.717, 1.165) is 10.5 Å². The normalized spacial score (nSPS) is 14.1. The molecule has 1 aliphatic heterocycles. The Morgan fingerprint density at radius 2 is 1.63 bits per heavy atom. The van der Waals surface area contributed by atoms with Crippen molar-refractivity contribution in [3.8, 4) is 0 Å². The molecule has 0 bridgehead atoms. The fourth-order valence-electron chi connectivity index (χ4n) is 3.81. The lowest BCUT2D eigenvalue weighted by Gasteiger charge is -2.25. The van der Waals surface area contributed by atoms with Gasteiger partial charge < -0.3 is 31.7 Å². The molecule has 1 aromatic carbocycles. The number of imide groups is 1. The number of carbonyl (C=O) groups excluding carboxylic acids is 6. The molecule has 13 nitrogen and oxygen atoms in total. The van der Waals surface area contributed by atoms with Gasteiger partial charge in [0.1, 0.15) is 12.1 Å². The Morgan fingerprint density at radius 1 is 0.976 bits per heavy atom. The lowest BCUT2D eigenvalue weighted by atomic mass is 10.0. The van der Waals surface area contributed by atoms with Gasteiger partial charge in [-0.05, 0) is 36.5 Å². The second kappa shape index (κ2) is 17.0. The Kier molecular flexibility index (Phi) is 13.8.